The molecule has 3 aromatic carbocycles. The molecular formula is C28H22F2N4O6. The van der Waals surface area contributed by atoms with Crippen molar-refractivity contribution in [3.8, 4) is 11.5 Å². The number of allylic oxidation sites excluding steroid dienone is 1. The van der Waals surface area contributed by atoms with Crippen LogP contribution in [0.5, 0.6) is 11.5 Å². The van der Waals surface area contributed by atoms with Crippen LogP contribution in [0.25, 0.3) is 10.9 Å². The largest absolute Gasteiger partial charge is 0.454 e. The van der Waals surface area contributed by atoms with Crippen LogP contribution in [0.1, 0.15) is 15.9 Å². The molecule has 40 heavy (non-hydrogen) atoms. The summed E-state index contributed by atoms with van der Waals surface area (Å²) in [6.45, 7) is 3.09. The van der Waals surface area contributed by atoms with Crippen LogP contribution in [0.4, 0.5) is 14.5 Å². The van der Waals surface area contributed by atoms with Crippen molar-refractivity contribution >= 4 is 28.4 Å². The predicted molar refractivity (Wildman–Crippen MR) is 141 cm³/mol. The lowest BCUT2D eigenvalue weighted by atomic mass is 10.1. The number of fused-ring (bicyclic) bond motifs is 2. The molecule has 2 amide bonds. The lowest BCUT2D eigenvalue weighted by molar-refractivity contribution is -0.116. The lowest BCUT2D eigenvalue weighted by Gasteiger charge is -2.15. The van der Waals surface area contributed by atoms with Crippen LogP contribution in [-0.2, 0) is 24.4 Å². The third-order valence-electron chi connectivity index (χ3n) is 6.20. The van der Waals surface area contributed by atoms with Gasteiger partial charge >= 0.3 is 5.69 Å². The second-order valence-electron chi connectivity index (χ2n) is 8.85. The first-order chi connectivity index (χ1) is 19.2. The summed E-state index contributed by atoms with van der Waals surface area (Å²) in [5.74, 6) is -1.95. The summed E-state index contributed by atoms with van der Waals surface area (Å²) >= 11 is 0. The van der Waals surface area contributed by atoms with E-state index in [1.807, 2.05) is 0 Å². The van der Waals surface area contributed by atoms with E-state index in [4.69, 9.17) is 9.47 Å². The van der Waals surface area contributed by atoms with Gasteiger partial charge in [0, 0.05) is 24.7 Å². The Hall–Kier alpha value is -5.26. The monoisotopic (exact) mass is 548 g/mol. The lowest BCUT2D eigenvalue weighted by Crippen LogP contribution is -2.41. The molecule has 2 N–H and O–H groups in total. The van der Waals surface area contributed by atoms with Gasteiger partial charge in [-0.15, -0.1) is 6.58 Å². The molecule has 2 heterocycles. The van der Waals surface area contributed by atoms with Crippen molar-refractivity contribution in [2.24, 2.45) is 0 Å². The predicted octanol–water partition coefficient (Wildman–Crippen LogP) is 2.92. The first kappa shape index (κ1) is 26.4. The number of benzene rings is 3. The van der Waals surface area contributed by atoms with Gasteiger partial charge in [-0.3, -0.25) is 23.5 Å². The highest BCUT2D eigenvalue weighted by Crippen LogP contribution is 2.32. The molecule has 0 bridgehead atoms. The summed E-state index contributed by atoms with van der Waals surface area (Å²) in [6.07, 6.45) is 1.35. The fourth-order valence-electron chi connectivity index (χ4n) is 4.26. The normalized spacial score (nSPS) is 11.8. The first-order valence-corrected chi connectivity index (χ1v) is 12.0. The Kier molecular flexibility index (Phi) is 7.15. The van der Waals surface area contributed by atoms with E-state index in [-0.39, 0.29) is 42.0 Å². The zero-order valence-corrected chi connectivity index (χ0v) is 20.9. The number of nitrogens with zero attached hydrogens (tertiary/aromatic N) is 2. The summed E-state index contributed by atoms with van der Waals surface area (Å²) in [5, 5.41) is 5.13. The highest BCUT2D eigenvalue weighted by molar-refractivity contribution is 5.98. The van der Waals surface area contributed by atoms with Crippen molar-refractivity contribution in [3.05, 3.63) is 111 Å². The van der Waals surface area contributed by atoms with Crippen molar-refractivity contribution < 1.29 is 27.8 Å². The number of hydrogen-bond donors (Lipinski definition) is 2. The van der Waals surface area contributed by atoms with E-state index in [9.17, 15) is 28.0 Å². The highest BCUT2D eigenvalue weighted by atomic mass is 19.1. The third kappa shape index (κ3) is 5.19. The van der Waals surface area contributed by atoms with E-state index in [1.165, 1.54) is 24.3 Å². The fraction of sp³-hybridized carbons (Fsp3) is 0.143. The van der Waals surface area contributed by atoms with E-state index in [0.717, 1.165) is 26.8 Å². The molecule has 1 aliphatic rings. The number of carbonyl (C=O) groups is 2. The average Bonchev–Trinajstić information content (AvgIpc) is 3.41. The molecule has 12 heteroatoms. The number of rotatable bonds is 8. The first-order valence-electron chi connectivity index (χ1n) is 12.0. The smallest absolute Gasteiger partial charge is 0.332 e. The van der Waals surface area contributed by atoms with E-state index in [0.29, 0.717) is 17.6 Å². The van der Waals surface area contributed by atoms with Crippen LogP contribution in [0.15, 0.2) is 76.8 Å². The van der Waals surface area contributed by atoms with Gasteiger partial charge in [-0.1, -0.05) is 12.1 Å². The van der Waals surface area contributed by atoms with Gasteiger partial charge in [-0.25, -0.2) is 13.6 Å². The Bertz CT molecular complexity index is 1800. The Morgan fingerprint density at radius 3 is 2.55 bits per heavy atom. The second-order valence-corrected chi connectivity index (χ2v) is 8.85. The van der Waals surface area contributed by atoms with E-state index < -0.39 is 41.2 Å². The third-order valence-corrected chi connectivity index (χ3v) is 6.20. The number of nitrogens with one attached hydrogen (secondary N) is 2. The van der Waals surface area contributed by atoms with Crippen LogP contribution in [-0.4, -0.2) is 27.7 Å². The zero-order chi connectivity index (χ0) is 28.4. The SMILES string of the molecule is C=CCn1c(=O)c2ccc(C(=O)NCc3ccc4c(c3)OCO4)cc2n(CC(=O)Nc2ccc(F)cc2F)c1=O. The molecule has 0 aliphatic carbocycles. The summed E-state index contributed by atoms with van der Waals surface area (Å²) in [4.78, 5) is 52.0. The number of amides is 2. The summed E-state index contributed by atoms with van der Waals surface area (Å²) < 4.78 is 39.8. The zero-order valence-electron chi connectivity index (χ0n) is 20.9. The van der Waals surface area contributed by atoms with Gasteiger partial charge in [-0.05, 0) is 48.0 Å². The Labute approximate surface area is 225 Å². The molecule has 4 aromatic rings. The molecule has 1 aliphatic heterocycles. The van der Waals surface area contributed by atoms with Gasteiger partial charge in [-0.2, -0.15) is 0 Å². The van der Waals surface area contributed by atoms with Crippen LogP contribution in [0, 0.1) is 11.6 Å². The molecule has 10 nitrogen and oxygen atoms in total. The topological polar surface area (TPSA) is 121 Å². The molecule has 5 rings (SSSR count). The Balaban J connectivity index is 1.46. The molecule has 0 radical (unpaired) electrons. The molecular weight excluding hydrogens is 526 g/mol. The number of halogens is 2. The average molecular weight is 549 g/mol. The molecule has 0 atom stereocenters. The molecule has 0 fully saturated rings. The number of aromatic nitrogens is 2. The molecule has 0 saturated heterocycles. The maximum absolute atomic E-state index is 14.1. The Morgan fingerprint density at radius 1 is 0.975 bits per heavy atom. The van der Waals surface area contributed by atoms with Gasteiger partial charge in [0.25, 0.3) is 11.5 Å². The highest BCUT2D eigenvalue weighted by Gasteiger charge is 2.19. The minimum absolute atomic E-state index is 0.0285. The van der Waals surface area contributed by atoms with Crippen LogP contribution >= 0.6 is 0 Å². The second kappa shape index (κ2) is 10.8. The van der Waals surface area contributed by atoms with Gasteiger partial charge < -0.3 is 20.1 Å². The Morgan fingerprint density at radius 2 is 1.77 bits per heavy atom. The standard InChI is InChI=1S/C28H22F2N4O6/c1-2-9-33-27(37)19-6-4-17(26(36)31-13-16-3-8-23-24(10-16)40-15-39-23)11-22(19)34(28(33)38)14-25(35)32-21-7-5-18(29)12-20(21)30/h2-8,10-12H,1,9,13-15H2,(H,31,36)(H,32,35). The number of hydrogen-bond acceptors (Lipinski definition) is 6. The molecule has 0 saturated carbocycles. The van der Waals surface area contributed by atoms with Crippen LogP contribution < -0.4 is 31.4 Å². The molecule has 204 valence electrons. The van der Waals surface area contributed by atoms with Crippen LogP contribution in [0.3, 0.4) is 0 Å². The van der Waals surface area contributed by atoms with Gasteiger partial charge in [0.05, 0.1) is 16.6 Å². The van der Waals surface area contributed by atoms with Gasteiger partial charge in [0.2, 0.25) is 12.7 Å². The van der Waals surface area contributed by atoms with Crippen molar-refractivity contribution in [3.63, 3.8) is 0 Å². The van der Waals surface area contributed by atoms with E-state index >= 15 is 0 Å². The fourth-order valence-corrected chi connectivity index (χ4v) is 4.26. The van der Waals surface area contributed by atoms with Gasteiger partial charge in [0.15, 0.2) is 11.5 Å². The van der Waals surface area contributed by atoms with Crippen LogP contribution in [0.2, 0.25) is 0 Å². The van der Waals surface area contributed by atoms with Gasteiger partial charge in [0.1, 0.15) is 18.2 Å². The van der Waals surface area contributed by atoms with Crippen molar-refractivity contribution in [2.75, 3.05) is 12.1 Å². The molecule has 0 spiro atoms. The summed E-state index contributed by atoms with van der Waals surface area (Å²) in [7, 11) is 0. The molecule has 0 unspecified atom stereocenters. The molecule has 1 aromatic heterocycles. The number of anilines is 1. The summed E-state index contributed by atoms with van der Waals surface area (Å²) in [6, 6.07) is 12.0. The number of carbonyl (C=O) groups excluding carboxylic acids is 2. The van der Waals surface area contributed by atoms with E-state index in [2.05, 4.69) is 17.2 Å². The maximum atomic E-state index is 14.1. The maximum Gasteiger partial charge on any atom is 0.332 e. The summed E-state index contributed by atoms with van der Waals surface area (Å²) in [5.41, 5.74) is -0.828. The van der Waals surface area contributed by atoms with Crippen molar-refractivity contribution in [2.45, 2.75) is 19.6 Å². The van der Waals surface area contributed by atoms with E-state index in [1.54, 1.807) is 18.2 Å². The quantitative estimate of drug-likeness (QED) is 0.327. The minimum Gasteiger partial charge on any atom is -0.454 e. The van der Waals surface area contributed by atoms with Crippen molar-refractivity contribution in [1.82, 2.24) is 14.5 Å². The van der Waals surface area contributed by atoms with Crippen molar-refractivity contribution in [1.29, 1.82) is 0 Å². The number of ether oxygens (including phenoxy) is 2. The minimum atomic E-state index is -0.997.